The standard InChI is InChI=1S/C18H19FN4O2/c19-15-9-20-18(21-10-15)23-7-8-25-16(12-23)17(24)22-6-5-13-3-1-2-4-14(13)11-22/h1-4,9-10,16H,5-8,11-12H2. The van der Waals surface area contributed by atoms with Crippen LogP contribution in [0.5, 0.6) is 0 Å². The van der Waals surface area contributed by atoms with Crippen LogP contribution in [0.3, 0.4) is 0 Å². The Bertz CT molecular complexity index is 768. The van der Waals surface area contributed by atoms with E-state index in [1.165, 1.54) is 11.1 Å². The fourth-order valence-corrected chi connectivity index (χ4v) is 3.34. The molecule has 6 nitrogen and oxygen atoms in total. The lowest BCUT2D eigenvalue weighted by Crippen LogP contribution is -2.52. The second-order valence-corrected chi connectivity index (χ2v) is 6.29. The van der Waals surface area contributed by atoms with Crippen molar-refractivity contribution in [1.29, 1.82) is 0 Å². The van der Waals surface area contributed by atoms with Crippen LogP contribution < -0.4 is 4.90 Å². The highest BCUT2D eigenvalue weighted by molar-refractivity contribution is 5.82. The van der Waals surface area contributed by atoms with Gasteiger partial charge in [0.2, 0.25) is 5.95 Å². The minimum absolute atomic E-state index is 0.0127. The summed E-state index contributed by atoms with van der Waals surface area (Å²) in [5.74, 6) is -0.0653. The number of hydrogen-bond acceptors (Lipinski definition) is 5. The van der Waals surface area contributed by atoms with Crippen molar-refractivity contribution in [2.75, 3.05) is 31.1 Å². The van der Waals surface area contributed by atoms with Gasteiger partial charge in [-0.1, -0.05) is 24.3 Å². The zero-order valence-corrected chi connectivity index (χ0v) is 13.8. The second kappa shape index (κ2) is 6.76. The van der Waals surface area contributed by atoms with Gasteiger partial charge in [-0.15, -0.1) is 0 Å². The van der Waals surface area contributed by atoms with Crippen LogP contribution in [0.25, 0.3) is 0 Å². The topological polar surface area (TPSA) is 58.6 Å². The molecule has 2 aliphatic rings. The highest BCUT2D eigenvalue weighted by Crippen LogP contribution is 2.21. The van der Waals surface area contributed by atoms with E-state index in [9.17, 15) is 9.18 Å². The predicted molar refractivity (Wildman–Crippen MR) is 89.5 cm³/mol. The zero-order chi connectivity index (χ0) is 17.2. The molecule has 130 valence electrons. The van der Waals surface area contributed by atoms with Gasteiger partial charge in [-0.2, -0.15) is 0 Å². The summed E-state index contributed by atoms with van der Waals surface area (Å²) >= 11 is 0. The summed E-state index contributed by atoms with van der Waals surface area (Å²) in [7, 11) is 0. The highest BCUT2D eigenvalue weighted by Gasteiger charge is 2.32. The number of rotatable bonds is 2. The Morgan fingerprint density at radius 1 is 1.16 bits per heavy atom. The van der Waals surface area contributed by atoms with E-state index in [0.717, 1.165) is 18.8 Å². The van der Waals surface area contributed by atoms with Gasteiger partial charge in [0.25, 0.3) is 5.91 Å². The lowest BCUT2D eigenvalue weighted by molar-refractivity contribution is -0.145. The molecule has 4 rings (SSSR count). The first kappa shape index (κ1) is 16.0. The maximum absolute atomic E-state index is 13.0. The third-order valence-electron chi connectivity index (χ3n) is 4.67. The Labute approximate surface area is 145 Å². The molecule has 7 heteroatoms. The predicted octanol–water partition coefficient (Wildman–Crippen LogP) is 1.41. The highest BCUT2D eigenvalue weighted by atomic mass is 19.1. The van der Waals surface area contributed by atoms with E-state index >= 15 is 0 Å². The molecule has 3 heterocycles. The van der Waals surface area contributed by atoms with Gasteiger partial charge < -0.3 is 14.5 Å². The number of fused-ring (bicyclic) bond motifs is 1. The van der Waals surface area contributed by atoms with E-state index in [2.05, 4.69) is 22.1 Å². The van der Waals surface area contributed by atoms with Gasteiger partial charge >= 0.3 is 0 Å². The Kier molecular flexibility index (Phi) is 4.31. The molecule has 1 fully saturated rings. The van der Waals surface area contributed by atoms with Gasteiger partial charge in [0.1, 0.15) is 0 Å². The van der Waals surface area contributed by atoms with E-state index in [1.54, 1.807) is 0 Å². The van der Waals surface area contributed by atoms with Gasteiger partial charge in [-0.3, -0.25) is 4.79 Å². The SMILES string of the molecule is O=C(C1CN(c2ncc(F)cn2)CCO1)N1CCc2ccccc2C1. The average Bonchev–Trinajstić information content (AvgIpc) is 2.68. The largest absolute Gasteiger partial charge is 0.365 e. The zero-order valence-electron chi connectivity index (χ0n) is 13.8. The number of benzene rings is 1. The van der Waals surface area contributed by atoms with Crippen LogP contribution in [0.15, 0.2) is 36.7 Å². The van der Waals surface area contributed by atoms with Crippen LogP contribution in [0, 0.1) is 5.82 Å². The molecule has 1 unspecified atom stereocenters. The van der Waals surface area contributed by atoms with E-state index in [0.29, 0.717) is 38.7 Å². The maximum Gasteiger partial charge on any atom is 0.253 e. The Morgan fingerprint density at radius 2 is 1.92 bits per heavy atom. The number of anilines is 1. The van der Waals surface area contributed by atoms with Gasteiger partial charge in [-0.25, -0.2) is 14.4 Å². The lowest BCUT2D eigenvalue weighted by atomic mass is 9.99. The molecule has 1 aromatic carbocycles. The number of morpholine rings is 1. The summed E-state index contributed by atoms with van der Waals surface area (Å²) < 4.78 is 18.7. The van der Waals surface area contributed by atoms with Gasteiger partial charge in [0, 0.05) is 19.6 Å². The van der Waals surface area contributed by atoms with E-state index in [4.69, 9.17) is 4.74 Å². The van der Waals surface area contributed by atoms with Crippen LogP contribution in [0.1, 0.15) is 11.1 Å². The molecule has 0 radical (unpaired) electrons. The number of carbonyl (C=O) groups excluding carboxylic acids is 1. The molecule has 1 saturated heterocycles. The molecular formula is C18H19FN4O2. The van der Waals surface area contributed by atoms with Crippen LogP contribution in [0.2, 0.25) is 0 Å². The third kappa shape index (κ3) is 3.32. The van der Waals surface area contributed by atoms with Crippen molar-refractivity contribution < 1.29 is 13.9 Å². The smallest absolute Gasteiger partial charge is 0.253 e. The van der Waals surface area contributed by atoms with Crippen molar-refractivity contribution in [2.45, 2.75) is 19.1 Å². The monoisotopic (exact) mass is 342 g/mol. The van der Waals surface area contributed by atoms with Crippen LogP contribution in [-0.4, -0.2) is 53.1 Å². The summed E-state index contributed by atoms with van der Waals surface area (Å²) in [5.41, 5.74) is 2.49. The second-order valence-electron chi connectivity index (χ2n) is 6.29. The molecule has 0 N–H and O–H groups in total. The molecule has 2 aromatic rings. The molecular weight excluding hydrogens is 323 g/mol. The summed E-state index contributed by atoms with van der Waals surface area (Å²) in [5, 5.41) is 0. The Morgan fingerprint density at radius 3 is 2.72 bits per heavy atom. The van der Waals surface area contributed by atoms with E-state index < -0.39 is 11.9 Å². The van der Waals surface area contributed by atoms with E-state index in [1.807, 2.05) is 21.9 Å². The van der Waals surface area contributed by atoms with Crippen molar-refractivity contribution in [3.8, 4) is 0 Å². The van der Waals surface area contributed by atoms with Crippen molar-refractivity contribution in [3.05, 3.63) is 53.6 Å². The summed E-state index contributed by atoms with van der Waals surface area (Å²) in [6.45, 7) is 2.69. The van der Waals surface area contributed by atoms with Crippen molar-refractivity contribution in [2.24, 2.45) is 0 Å². The van der Waals surface area contributed by atoms with Crippen LogP contribution in [0.4, 0.5) is 10.3 Å². The van der Waals surface area contributed by atoms with Crippen molar-refractivity contribution in [1.82, 2.24) is 14.9 Å². The van der Waals surface area contributed by atoms with Crippen LogP contribution >= 0.6 is 0 Å². The van der Waals surface area contributed by atoms with E-state index in [-0.39, 0.29) is 5.91 Å². The molecule has 1 amide bonds. The molecule has 25 heavy (non-hydrogen) atoms. The molecule has 0 aliphatic carbocycles. The quantitative estimate of drug-likeness (QED) is 0.826. The van der Waals surface area contributed by atoms with Gasteiger partial charge in [0.05, 0.1) is 25.5 Å². The maximum atomic E-state index is 13.0. The molecule has 2 aliphatic heterocycles. The normalized spacial score (nSPS) is 20.3. The molecule has 1 atom stereocenters. The third-order valence-corrected chi connectivity index (χ3v) is 4.67. The fraction of sp³-hybridized carbons (Fsp3) is 0.389. The summed E-state index contributed by atoms with van der Waals surface area (Å²) in [6, 6.07) is 8.20. The van der Waals surface area contributed by atoms with Crippen LogP contribution in [-0.2, 0) is 22.5 Å². The Balaban J connectivity index is 1.44. The number of carbonyl (C=O) groups is 1. The summed E-state index contributed by atoms with van der Waals surface area (Å²) in [6.07, 6.45) is 2.58. The fourth-order valence-electron chi connectivity index (χ4n) is 3.34. The summed E-state index contributed by atoms with van der Waals surface area (Å²) in [4.78, 5) is 24.6. The minimum Gasteiger partial charge on any atom is -0.365 e. The first-order chi connectivity index (χ1) is 12.2. The number of amides is 1. The number of halogens is 1. The number of ether oxygens (including phenoxy) is 1. The van der Waals surface area contributed by atoms with Gasteiger partial charge in [0.15, 0.2) is 11.9 Å². The molecule has 0 spiro atoms. The minimum atomic E-state index is -0.548. The van der Waals surface area contributed by atoms with Crippen molar-refractivity contribution >= 4 is 11.9 Å². The van der Waals surface area contributed by atoms with Gasteiger partial charge in [-0.05, 0) is 17.5 Å². The number of aromatic nitrogens is 2. The number of hydrogen-bond donors (Lipinski definition) is 0. The number of nitrogens with zero attached hydrogens (tertiary/aromatic N) is 4. The van der Waals surface area contributed by atoms with Crippen molar-refractivity contribution in [3.63, 3.8) is 0 Å². The average molecular weight is 342 g/mol. The molecule has 0 bridgehead atoms. The Hall–Kier alpha value is -2.54. The molecule has 0 saturated carbocycles. The molecule has 1 aromatic heterocycles. The first-order valence-corrected chi connectivity index (χ1v) is 8.40. The first-order valence-electron chi connectivity index (χ1n) is 8.40. The lowest BCUT2D eigenvalue weighted by Gasteiger charge is -2.36.